The minimum atomic E-state index is -1.82. The van der Waals surface area contributed by atoms with Crippen LogP contribution >= 0.6 is 0 Å². The molecule has 0 aromatic heterocycles. The predicted molar refractivity (Wildman–Crippen MR) is 107 cm³/mol. The molecule has 8 nitrogen and oxygen atoms in total. The molecule has 2 rings (SSSR count). The van der Waals surface area contributed by atoms with E-state index in [1.165, 1.54) is 5.69 Å². The van der Waals surface area contributed by atoms with Crippen molar-refractivity contribution in [2.24, 2.45) is 0 Å². The van der Waals surface area contributed by atoms with E-state index in [-0.39, 0.29) is 18.0 Å². The van der Waals surface area contributed by atoms with Gasteiger partial charge in [0.1, 0.15) is 0 Å². The molecule has 156 valence electrons. The molecule has 0 spiro atoms. The lowest BCUT2D eigenvalue weighted by Gasteiger charge is -2.38. The van der Waals surface area contributed by atoms with Gasteiger partial charge in [0.15, 0.2) is 0 Å². The molecule has 1 fully saturated rings. The number of hydrogen-bond acceptors (Lipinski definition) is 5. The first-order valence-corrected chi connectivity index (χ1v) is 9.43. The Hall–Kier alpha value is -2.61. The van der Waals surface area contributed by atoms with Gasteiger partial charge < -0.3 is 20.0 Å². The van der Waals surface area contributed by atoms with E-state index in [9.17, 15) is 4.79 Å². The van der Waals surface area contributed by atoms with Gasteiger partial charge in [-0.05, 0) is 39.8 Å². The summed E-state index contributed by atoms with van der Waals surface area (Å²) in [6.45, 7) is 12.8. The topological polar surface area (TPSA) is 101 Å². The third-order valence-corrected chi connectivity index (χ3v) is 4.44. The number of amides is 1. The van der Waals surface area contributed by atoms with E-state index in [4.69, 9.17) is 19.8 Å². The molecule has 8 heteroatoms. The molecule has 0 atom stereocenters. The van der Waals surface area contributed by atoms with Crippen LogP contribution in [0.25, 0.3) is 0 Å². The summed E-state index contributed by atoms with van der Waals surface area (Å²) in [6, 6.07) is 11.0. The Kier molecular flexibility index (Phi) is 9.44. The molecular weight excluding hydrogens is 362 g/mol. The van der Waals surface area contributed by atoms with Gasteiger partial charge in [0.25, 0.3) is 0 Å². The SMILES string of the molecule is CC(C)N(C(=O)CN1CCN(c2ccccc2)CC1)C(C)C.O=C(O)C(=O)O. The molecule has 0 bridgehead atoms. The molecule has 0 radical (unpaired) electrons. The number of carboxylic acid groups (broad SMARTS) is 2. The molecule has 2 N–H and O–H groups in total. The molecule has 1 saturated heterocycles. The van der Waals surface area contributed by atoms with Crippen molar-refractivity contribution in [1.29, 1.82) is 0 Å². The van der Waals surface area contributed by atoms with Gasteiger partial charge in [-0.2, -0.15) is 0 Å². The second-order valence-electron chi connectivity index (χ2n) is 7.20. The number of benzene rings is 1. The number of carbonyl (C=O) groups is 3. The number of aliphatic carboxylic acids is 2. The summed E-state index contributed by atoms with van der Waals surface area (Å²) in [4.78, 5) is 37.4. The summed E-state index contributed by atoms with van der Waals surface area (Å²) in [5.74, 6) is -3.40. The monoisotopic (exact) mass is 393 g/mol. The van der Waals surface area contributed by atoms with Crippen LogP contribution < -0.4 is 4.90 Å². The number of carbonyl (C=O) groups excluding carboxylic acids is 1. The molecule has 1 amide bonds. The Morgan fingerprint density at radius 3 is 1.75 bits per heavy atom. The van der Waals surface area contributed by atoms with E-state index in [0.29, 0.717) is 6.54 Å². The smallest absolute Gasteiger partial charge is 0.414 e. The second kappa shape index (κ2) is 11.3. The Labute approximate surface area is 166 Å². The average Bonchev–Trinajstić information content (AvgIpc) is 2.63. The largest absolute Gasteiger partial charge is 0.473 e. The molecule has 0 saturated carbocycles. The molecule has 1 aromatic carbocycles. The fraction of sp³-hybridized carbons (Fsp3) is 0.550. The molecule has 1 aliphatic heterocycles. The number of carboxylic acids is 2. The van der Waals surface area contributed by atoms with Crippen LogP contribution in [-0.2, 0) is 14.4 Å². The van der Waals surface area contributed by atoms with Gasteiger partial charge in [-0.1, -0.05) is 18.2 Å². The fourth-order valence-corrected chi connectivity index (χ4v) is 3.25. The van der Waals surface area contributed by atoms with E-state index < -0.39 is 11.9 Å². The zero-order valence-electron chi connectivity index (χ0n) is 17.0. The van der Waals surface area contributed by atoms with Crippen LogP contribution in [-0.4, -0.2) is 82.7 Å². The van der Waals surface area contributed by atoms with Crippen LogP contribution in [0.1, 0.15) is 27.7 Å². The van der Waals surface area contributed by atoms with E-state index in [1.807, 2.05) is 11.0 Å². The first kappa shape index (κ1) is 23.4. The molecule has 1 aromatic rings. The lowest BCUT2D eigenvalue weighted by atomic mass is 10.2. The van der Waals surface area contributed by atoms with Crippen LogP contribution in [0.15, 0.2) is 30.3 Å². The number of nitrogens with zero attached hydrogens (tertiary/aromatic N) is 3. The molecular formula is C20H31N3O5. The van der Waals surface area contributed by atoms with Crippen LogP contribution in [0.3, 0.4) is 0 Å². The number of piperazine rings is 1. The Morgan fingerprint density at radius 2 is 1.36 bits per heavy atom. The summed E-state index contributed by atoms with van der Waals surface area (Å²) < 4.78 is 0. The lowest BCUT2D eigenvalue weighted by Crippen LogP contribution is -2.52. The highest BCUT2D eigenvalue weighted by molar-refractivity contribution is 6.27. The number of rotatable bonds is 5. The van der Waals surface area contributed by atoms with Crippen molar-refractivity contribution >= 4 is 23.5 Å². The molecule has 1 heterocycles. The van der Waals surface area contributed by atoms with Crippen molar-refractivity contribution in [2.75, 3.05) is 37.6 Å². The number of para-hydroxylation sites is 1. The van der Waals surface area contributed by atoms with Gasteiger partial charge >= 0.3 is 11.9 Å². The highest BCUT2D eigenvalue weighted by Gasteiger charge is 2.24. The summed E-state index contributed by atoms with van der Waals surface area (Å²) >= 11 is 0. The van der Waals surface area contributed by atoms with Gasteiger partial charge in [-0.3, -0.25) is 9.69 Å². The van der Waals surface area contributed by atoms with Crippen molar-refractivity contribution in [3.05, 3.63) is 30.3 Å². The van der Waals surface area contributed by atoms with Gasteiger partial charge in [-0.25, -0.2) is 9.59 Å². The van der Waals surface area contributed by atoms with Crippen molar-refractivity contribution in [1.82, 2.24) is 9.80 Å². The highest BCUT2D eigenvalue weighted by Crippen LogP contribution is 2.16. The maximum atomic E-state index is 12.5. The van der Waals surface area contributed by atoms with E-state index >= 15 is 0 Å². The van der Waals surface area contributed by atoms with Crippen LogP contribution in [0.2, 0.25) is 0 Å². The third kappa shape index (κ3) is 7.56. The van der Waals surface area contributed by atoms with E-state index in [2.05, 4.69) is 61.8 Å². The summed E-state index contributed by atoms with van der Waals surface area (Å²) in [6.07, 6.45) is 0. The quantitative estimate of drug-likeness (QED) is 0.733. The normalized spacial score (nSPS) is 14.4. The van der Waals surface area contributed by atoms with E-state index in [1.54, 1.807) is 0 Å². The van der Waals surface area contributed by atoms with Gasteiger partial charge in [0, 0.05) is 44.0 Å². The molecule has 0 unspecified atom stereocenters. The lowest BCUT2D eigenvalue weighted by molar-refractivity contribution is -0.159. The van der Waals surface area contributed by atoms with Gasteiger partial charge in [-0.15, -0.1) is 0 Å². The van der Waals surface area contributed by atoms with Gasteiger partial charge in [0.2, 0.25) is 5.91 Å². The Bertz CT molecular complexity index is 621. The standard InChI is InChI=1S/C18H29N3O.C2H2O4/c1-15(2)21(16(3)4)18(22)14-19-10-12-20(13-11-19)17-8-6-5-7-9-17;3-1(4)2(5)6/h5-9,15-16H,10-14H2,1-4H3;(H,3,4)(H,5,6). The molecule has 28 heavy (non-hydrogen) atoms. The van der Waals surface area contributed by atoms with E-state index in [0.717, 1.165) is 26.2 Å². The predicted octanol–water partition coefficient (Wildman–Crippen LogP) is 1.61. The maximum Gasteiger partial charge on any atom is 0.414 e. The average molecular weight is 393 g/mol. The van der Waals surface area contributed by atoms with Crippen molar-refractivity contribution in [3.8, 4) is 0 Å². The first-order valence-electron chi connectivity index (χ1n) is 9.43. The zero-order chi connectivity index (χ0) is 21.3. The summed E-state index contributed by atoms with van der Waals surface area (Å²) in [5.41, 5.74) is 1.28. The Morgan fingerprint density at radius 1 is 0.893 bits per heavy atom. The fourth-order valence-electron chi connectivity index (χ4n) is 3.25. The van der Waals surface area contributed by atoms with Crippen molar-refractivity contribution in [3.63, 3.8) is 0 Å². The maximum absolute atomic E-state index is 12.5. The second-order valence-corrected chi connectivity index (χ2v) is 7.20. The third-order valence-electron chi connectivity index (χ3n) is 4.44. The van der Waals surface area contributed by atoms with Crippen molar-refractivity contribution in [2.45, 2.75) is 39.8 Å². The van der Waals surface area contributed by atoms with Crippen LogP contribution in [0, 0.1) is 0 Å². The van der Waals surface area contributed by atoms with Crippen molar-refractivity contribution < 1.29 is 24.6 Å². The first-order chi connectivity index (χ1) is 13.1. The summed E-state index contributed by atoms with van der Waals surface area (Å²) in [7, 11) is 0. The molecule has 0 aliphatic carbocycles. The highest BCUT2D eigenvalue weighted by atomic mass is 16.4. The molecule has 1 aliphatic rings. The summed E-state index contributed by atoms with van der Waals surface area (Å²) in [5, 5.41) is 14.8. The number of anilines is 1. The Balaban J connectivity index is 0.000000568. The number of hydrogen-bond donors (Lipinski definition) is 2. The minimum Gasteiger partial charge on any atom is -0.473 e. The van der Waals surface area contributed by atoms with Crippen LogP contribution in [0.4, 0.5) is 5.69 Å². The minimum absolute atomic E-state index is 0.248. The van der Waals surface area contributed by atoms with Gasteiger partial charge in [0.05, 0.1) is 6.54 Å². The zero-order valence-corrected chi connectivity index (χ0v) is 17.0. The van der Waals surface area contributed by atoms with Crippen LogP contribution in [0.5, 0.6) is 0 Å².